The second kappa shape index (κ2) is 4.21. The SMILES string of the molecule is O=C(O)c1cc(F)c(F)cc1-c1cc(S)c[nH]1. The molecule has 0 unspecified atom stereocenters. The third-order valence-corrected chi connectivity index (χ3v) is 2.51. The molecule has 2 N–H and O–H groups in total. The van der Waals surface area contributed by atoms with Crippen molar-refractivity contribution >= 4 is 18.6 Å². The Morgan fingerprint density at radius 3 is 2.41 bits per heavy atom. The van der Waals surface area contributed by atoms with Gasteiger partial charge in [-0.3, -0.25) is 0 Å². The monoisotopic (exact) mass is 255 g/mol. The lowest BCUT2D eigenvalue weighted by Crippen LogP contribution is -2.02. The van der Waals surface area contributed by atoms with Gasteiger partial charge in [-0.05, 0) is 18.2 Å². The Bertz CT molecular complexity index is 595. The number of carbonyl (C=O) groups is 1. The lowest BCUT2D eigenvalue weighted by Gasteiger charge is -2.05. The molecule has 1 aromatic heterocycles. The minimum atomic E-state index is -1.32. The van der Waals surface area contributed by atoms with Crippen molar-refractivity contribution in [2.24, 2.45) is 0 Å². The molecular formula is C11H7F2NO2S. The Kier molecular flexibility index (Phi) is 2.89. The minimum absolute atomic E-state index is 0.0803. The first-order valence-electron chi connectivity index (χ1n) is 4.59. The normalized spacial score (nSPS) is 10.5. The van der Waals surface area contributed by atoms with Crippen molar-refractivity contribution in [1.29, 1.82) is 0 Å². The molecule has 17 heavy (non-hydrogen) atoms. The van der Waals surface area contributed by atoms with Gasteiger partial charge >= 0.3 is 5.97 Å². The van der Waals surface area contributed by atoms with Gasteiger partial charge in [0.05, 0.1) is 5.56 Å². The number of hydrogen-bond acceptors (Lipinski definition) is 2. The molecule has 0 atom stereocenters. The van der Waals surface area contributed by atoms with Gasteiger partial charge in [0.1, 0.15) is 0 Å². The highest BCUT2D eigenvalue weighted by molar-refractivity contribution is 7.80. The molecule has 2 rings (SSSR count). The molecule has 0 saturated carbocycles. The van der Waals surface area contributed by atoms with E-state index in [0.29, 0.717) is 16.7 Å². The molecule has 0 aliphatic rings. The van der Waals surface area contributed by atoms with E-state index in [0.717, 1.165) is 6.07 Å². The first-order valence-corrected chi connectivity index (χ1v) is 5.04. The summed E-state index contributed by atoms with van der Waals surface area (Å²) in [6, 6.07) is 3.03. The number of H-pyrrole nitrogens is 1. The van der Waals surface area contributed by atoms with Crippen molar-refractivity contribution in [3.8, 4) is 11.3 Å². The van der Waals surface area contributed by atoms with Crippen molar-refractivity contribution in [3.63, 3.8) is 0 Å². The Hall–Kier alpha value is -1.82. The van der Waals surface area contributed by atoms with Crippen molar-refractivity contribution in [2.75, 3.05) is 0 Å². The first-order chi connectivity index (χ1) is 7.99. The number of hydrogen-bond donors (Lipinski definition) is 3. The Labute approximate surface area is 101 Å². The molecule has 0 fully saturated rings. The second-order valence-corrected chi connectivity index (χ2v) is 3.91. The summed E-state index contributed by atoms with van der Waals surface area (Å²) in [5.74, 6) is -3.61. The predicted molar refractivity (Wildman–Crippen MR) is 60.4 cm³/mol. The standard InChI is InChI=1S/C11H7F2NO2S/c12-8-2-6(10-1-5(17)4-14-10)7(11(15)16)3-9(8)13/h1-4,14,17H,(H,15,16). The molecule has 88 valence electrons. The zero-order valence-electron chi connectivity index (χ0n) is 8.37. The van der Waals surface area contributed by atoms with Crippen LogP contribution in [-0.2, 0) is 0 Å². The molecule has 0 amide bonds. The summed E-state index contributed by atoms with van der Waals surface area (Å²) < 4.78 is 26.1. The van der Waals surface area contributed by atoms with E-state index in [4.69, 9.17) is 5.11 Å². The molecular weight excluding hydrogens is 248 g/mol. The van der Waals surface area contributed by atoms with Gasteiger partial charge in [0, 0.05) is 22.3 Å². The third-order valence-electron chi connectivity index (χ3n) is 2.25. The summed E-state index contributed by atoms with van der Waals surface area (Å²) in [6.07, 6.45) is 1.52. The van der Waals surface area contributed by atoms with Gasteiger partial charge in [0.2, 0.25) is 0 Å². The number of aromatic amines is 1. The topological polar surface area (TPSA) is 53.1 Å². The van der Waals surface area contributed by atoms with Crippen LogP contribution in [0.2, 0.25) is 0 Å². The van der Waals surface area contributed by atoms with E-state index in [1.165, 1.54) is 12.3 Å². The van der Waals surface area contributed by atoms with Gasteiger partial charge in [-0.15, -0.1) is 12.6 Å². The number of aromatic nitrogens is 1. The maximum atomic E-state index is 13.1. The highest BCUT2D eigenvalue weighted by Crippen LogP contribution is 2.27. The Morgan fingerprint density at radius 2 is 1.88 bits per heavy atom. The quantitative estimate of drug-likeness (QED) is 0.723. The highest BCUT2D eigenvalue weighted by atomic mass is 32.1. The zero-order chi connectivity index (χ0) is 12.6. The molecule has 0 bridgehead atoms. The lowest BCUT2D eigenvalue weighted by atomic mass is 10.0. The van der Waals surface area contributed by atoms with E-state index >= 15 is 0 Å². The zero-order valence-corrected chi connectivity index (χ0v) is 9.26. The molecule has 6 heteroatoms. The first kappa shape index (κ1) is 11.7. The van der Waals surface area contributed by atoms with Crippen molar-refractivity contribution < 1.29 is 18.7 Å². The summed E-state index contributed by atoms with van der Waals surface area (Å²) >= 11 is 4.04. The fourth-order valence-electron chi connectivity index (χ4n) is 1.49. The van der Waals surface area contributed by atoms with Crippen LogP contribution in [0.3, 0.4) is 0 Å². The predicted octanol–water partition coefficient (Wildman–Crippen LogP) is 2.95. The second-order valence-electron chi connectivity index (χ2n) is 3.39. The Morgan fingerprint density at radius 1 is 1.24 bits per heavy atom. The molecule has 2 aromatic rings. The highest BCUT2D eigenvalue weighted by Gasteiger charge is 2.17. The summed E-state index contributed by atoms with van der Waals surface area (Å²) in [6.45, 7) is 0. The van der Waals surface area contributed by atoms with E-state index in [1.54, 1.807) is 0 Å². The number of benzene rings is 1. The van der Waals surface area contributed by atoms with E-state index in [1.807, 2.05) is 0 Å². The number of aromatic carboxylic acids is 1. The van der Waals surface area contributed by atoms with Gasteiger partial charge < -0.3 is 10.1 Å². The van der Waals surface area contributed by atoms with Gasteiger partial charge in [0.15, 0.2) is 11.6 Å². The van der Waals surface area contributed by atoms with Crippen molar-refractivity contribution in [3.05, 3.63) is 41.6 Å². The molecule has 0 spiro atoms. The van der Waals surface area contributed by atoms with E-state index < -0.39 is 17.6 Å². The number of carboxylic acid groups (broad SMARTS) is 1. The van der Waals surface area contributed by atoms with Crippen LogP contribution in [0.25, 0.3) is 11.3 Å². The Balaban J connectivity index is 2.67. The average Bonchev–Trinajstić information content (AvgIpc) is 2.68. The van der Waals surface area contributed by atoms with Gasteiger partial charge in [-0.1, -0.05) is 0 Å². The minimum Gasteiger partial charge on any atom is -0.478 e. The smallest absolute Gasteiger partial charge is 0.336 e. The fourth-order valence-corrected chi connectivity index (χ4v) is 1.68. The lowest BCUT2D eigenvalue weighted by molar-refractivity contribution is 0.0697. The van der Waals surface area contributed by atoms with Gasteiger partial charge in [-0.2, -0.15) is 0 Å². The van der Waals surface area contributed by atoms with Crippen molar-refractivity contribution in [2.45, 2.75) is 4.90 Å². The summed E-state index contributed by atoms with van der Waals surface area (Å²) in [5, 5.41) is 8.93. The molecule has 0 aliphatic carbocycles. The van der Waals surface area contributed by atoms with E-state index in [9.17, 15) is 13.6 Å². The maximum absolute atomic E-state index is 13.1. The molecule has 0 radical (unpaired) electrons. The molecule has 1 heterocycles. The molecule has 1 aromatic carbocycles. The van der Waals surface area contributed by atoms with Crippen LogP contribution >= 0.6 is 12.6 Å². The average molecular weight is 255 g/mol. The molecule has 0 aliphatic heterocycles. The fraction of sp³-hybridized carbons (Fsp3) is 0. The number of nitrogens with one attached hydrogen (secondary N) is 1. The van der Waals surface area contributed by atoms with Crippen LogP contribution < -0.4 is 0 Å². The van der Waals surface area contributed by atoms with E-state index in [2.05, 4.69) is 17.6 Å². The number of thiol groups is 1. The van der Waals surface area contributed by atoms with Crippen LogP contribution in [0.5, 0.6) is 0 Å². The molecule has 0 saturated heterocycles. The number of halogens is 2. The molecule has 3 nitrogen and oxygen atoms in total. The van der Waals surface area contributed by atoms with Crippen LogP contribution in [0.4, 0.5) is 8.78 Å². The summed E-state index contributed by atoms with van der Waals surface area (Å²) in [5.41, 5.74) is 0.141. The van der Waals surface area contributed by atoms with Crippen LogP contribution in [0.15, 0.2) is 29.3 Å². The summed E-state index contributed by atoms with van der Waals surface area (Å²) in [7, 11) is 0. The van der Waals surface area contributed by atoms with Crippen LogP contribution in [-0.4, -0.2) is 16.1 Å². The number of rotatable bonds is 2. The van der Waals surface area contributed by atoms with Crippen LogP contribution in [0, 0.1) is 11.6 Å². The van der Waals surface area contributed by atoms with Crippen molar-refractivity contribution in [1.82, 2.24) is 4.98 Å². The maximum Gasteiger partial charge on any atom is 0.336 e. The van der Waals surface area contributed by atoms with Gasteiger partial charge in [0.25, 0.3) is 0 Å². The van der Waals surface area contributed by atoms with E-state index in [-0.39, 0.29) is 11.1 Å². The van der Waals surface area contributed by atoms with Gasteiger partial charge in [-0.25, -0.2) is 13.6 Å². The largest absolute Gasteiger partial charge is 0.478 e. The third kappa shape index (κ3) is 2.16. The number of carboxylic acids is 1. The summed E-state index contributed by atoms with van der Waals surface area (Å²) in [4.78, 5) is 14.2. The van der Waals surface area contributed by atoms with Crippen LogP contribution in [0.1, 0.15) is 10.4 Å².